The van der Waals surface area contributed by atoms with E-state index in [9.17, 15) is 22.8 Å². The van der Waals surface area contributed by atoms with Gasteiger partial charge in [0, 0.05) is 48.5 Å². The smallest absolute Gasteiger partial charge is 0.346 e. The second-order valence-corrected chi connectivity index (χ2v) is 9.39. The lowest BCUT2D eigenvalue weighted by molar-refractivity contribution is -0.137. The molecule has 34 heavy (non-hydrogen) atoms. The van der Waals surface area contributed by atoms with Crippen LogP contribution in [0.3, 0.4) is 0 Å². The fourth-order valence-electron chi connectivity index (χ4n) is 4.77. The minimum Gasteiger partial charge on any atom is -0.346 e. The molecule has 8 nitrogen and oxygen atoms in total. The summed E-state index contributed by atoms with van der Waals surface area (Å²) < 4.78 is 39.0. The molecule has 2 N–H and O–H groups in total. The molecule has 1 saturated carbocycles. The standard InChI is InChI=1S/C22H20ClF3N6O2/c1-31(20(34)30-14-5-12(22(24,25)26)4-13(23)6-14)15-7-21(8-15)9-32(10-21)19(33)17-16-2-3-27-18(16)29-11-28-17/h2-6,11,15H,7-10H2,1H3,(H,30,34)(H,27,28,29). The van der Waals surface area contributed by atoms with Gasteiger partial charge in [-0.25, -0.2) is 14.8 Å². The minimum atomic E-state index is -4.57. The fourth-order valence-corrected chi connectivity index (χ4v) is 5.01. The highest BCUT2D eigenvalue weighted by Gasteiger charge is 2.55. The molecule has 3 aromatic rings. The average molecular weight is 493 g/mol. The second-order valence-electron chi connectivity index (χ2n) is 8.95. The van der Waals surface area contributed by atoms with Gasteiger partial charge in [-0.05, 0) is 37.1 Å². The molecule has 3 amide bonds. The third-order valence-electron chi connectivity index (χ3n) is 6.58. The number of aromatic nitrogens is 3. The van der Waals surface area contributed by atoms with E-state index in [1.807, 2.05) is 0 Å². The molecule has 178 valence electrons. The number of nitrogens with zero attached hydrogens (tertiary/aromatic N) is 4. The van der Waals surface area contributed by atoms with Gasteiger partial charge < -0.3 is 20.1 Å². The molecule has 0 unspecified atom stereocenters. The molecular weight excluding hydrogens is 473 g/mol. The zero-order valence-corrected chi connectivity index (χ0v) is 18.7. The summed E-state index contributed by atoms with van der Waals surface area (Å²) in [5.74, 6) is -0.159. The number of rotatable bonds is 3. The molecule has 1 saturated heterocycles. The predicted molar refractivity (Wildman–Crippen MR) is 118 cm³/mol. The van der Waals surface area contributed by atoms with Crippen LogP contribution in [0.1, 0.15) is 28.9 Å². The highest BCUT2D eigenvalue weighted by Crippen LogP contribution is 2.50. The van der Waals surface area contributed by atoms with Crippen LogP contribution >= 0.6 is 11.6 Å². The Kier molecular flexibility index (Phi) is 5.19. The Balaban J connectivity index is 1.17. The van der Waals surface area contributed by atoms with Crippen LogP contribution in [0.5, 0.6) is 0 Å². The number of benzene rings is 1. The summed E-state index contributed by atoms with van der Waals surface area (Å²) in [6.45, 7) is 1.13. The minimum absolute atomic E-state index is 0.0212. The number of carbonyl (C=O) groups is 2. The number of urea groups is 1. The molecule has 2 aromatic heterocycles. The van der Waals surface area contributed by atoms with Gasteiger partial charge in [0.2, 0.25) is 0 Å². The predicted octanol–water partition coefficient (Wildman–Crippen LogP) is 4.40. The lowest BCUT2D eigenvalue weighted by Crippen LogP contribution is -2.67. The van der Waals surface area contributed by atoms with Crippen molar-refractivity contribution >= 4 is 40.3 Å². The van der Waals surface area contributed by atoms with Crippen LogP contribution in [0.15, 0.2) is 36.8 Å². The summed E-state index contributed by atoms with van der Waals surface area (Å²) in [5, 5.41) is 3.05. The van der Waals surface area contributed by atoms with Gasteiger partial charge in [-0.1, -0.05) is 11.6 Å². The third kappa shape index (κ3) is 3.93. The van der Waals surface area contributed by atoms with Crippen LogP contribution in [-0.4, -0.2) is 62.9 Å². The van der Waals surface area contributed by atoms with E-state index in [-0.39, 0.29) is 28.1 Å². The van der Waals surface area contributed by atoms with E-state index in [0.717, 1.165) is 12.1 Å². The van der Waals surface area contributed by atoms with E-state index >= 15 is 0 Å². The monoisotopic (exact) mass is 492 g/mol. The van der Waals surface area contributed by atoms with Crippen LogP contribution < -0.4 is 5.32 Å². The molecule has 2 aliphatic rings. The molecule has 0 radical (unpaired) electrons. The topological polar surface area (TPSA) is 94.2 Å². The first kappa shape index (κ1) is 22.5. The summed E-state index contributed by atoms with van der Waals surface area (Å²) in [6.07, 6.45) is -0.103. The number of hydrogen-bond donors (Lipinski definition) is 2. The van der Waals surface area contributed by atoms with E-state index in [1.165, 1.54) is 17.3 Å². The van der Waals surface area contributed by atoms with E-state index in [2.05, 4.69) is 20.3 Å². The van der Waals surface area contributed by atoms with Crippen molar-refractivity contribution in [2.45, 2.75) is 25.1 Å². The number of hydrogen-bond acceptors (Lipinski definition) is 4. The van der Waals surface area contributed by atoms with E-state index in [1.54, 1.807) is 24.2 Å². The Morgan fingerprint density at radius 2 is 1.97 bits per heavy atom. The first-order chi connectivity index (χ1) is 16.0. The van der Waals surface area contributed by atoms with Gasteiger partial charge in [0.05, 0.1) is 10.9 Å². The Bertz CT molecular complexity index is 1280. The van der Waals surface area contributed by atoms with Crippen molar-refractivity contribution in [2.75, 3.05) is 25.5 Å². The zero-order chi connectivity index (χ0) is 24.3. The molecule has 2 fully saturated rings. The molecule has 12 heteroatoms. The number of amides is 3. The van der Waals surface area contributed by atoms with E-state index in [0.29, 0.717) is 42.7 Å². The molecule has 1 aromatic carbocycles. The van der Waals surface area contributed by atoms with Gasteiger partial charge in [-0.3, -0.25) is 4.79 Å². The van der Waals surface area contributed by atoms with Crippen molar-refractivity contribution in [3.63, 3.8) is 0 Å². The summed E-state index contributed by atoms with van der Waals surface area (Å²) in [4.78, 5) is 39.9. The molecule has 1 aliphatic heterocycles. The van der Waals surface area contributed by atoms with Gasteiger partial charge >= 0.3 is 12.2 Å². The first-order valence-corrected chi connectivity index (χ1v) is 10.9. The van der Waals surface area contributed by atoms with Crippen LogP contribution in [-0.2, 0) is 6.18 Å². The number of halogens is 4. The molecule has 0 bridgehead atoms. The Morgan fingerprint density at radius 1 is 1.24 bits per heavy atom. The highest BCUT2D eigenvalue weighted by atomic mass is 35.5. The van der Waals surface area contributed by atoms with Crippen molar-refractivity contribution < 1.29 is 22.8 Å². The second kappa shape index (κ2) is 7.86. The Labute approximate surface area is 197 Å². The van der Waals surface area contributed by atoms with Gasteiger partial charge in [-0.15, -0.1) is 0 Å². The number of alkyl halides is 3. The Morgan fingerprint density at radius 3 is 2.68 bits per heavy atom. The van der Waals surface area contributed by atoms with Crippen molar-refractivity contribution in [2.24, 2.45) is 5.41 Å². The number of likely N-dealkylation sites (tertiary alicyclic amines) is 1. The SMILES string of the molecule is CN(C(=O)Nc1cc(Cl)cc(C(F)(F)F)c1)C1CC2(C1)CN(C(=O)c1ncnc3[nH]ccc13)C2. The van der Waals surface area contributed by atoms with Crippen molar-refractivity contribution in [1.82, 2.24) is 24.8 Å². The van der Waals surface area contributed by atoms with E-state index < -0.39 is 17.8 Å². The lowest BCUT2D eigenvalue weighted by Gasteiger charge is -2.60. The summed E-state index contributed by atoms with van der Waals surface area (Å²) in [5.41, 5.74) is -0.0498. The van der Waals surface area contributed by atoms with Gasteiger partial charge in [0.1, 0.15) is 17.7 Å². The van der Waals surface area contributed by atoms with Crippen molar-refractivity contribution in [3.8, 4) is 0 Å². The number of carbonyl (C=O) groups excluding carboxylic acids is 2. The number of H-pyrrole nitrogens is 1. The van der Waals surface area contributed by atoms with Crippen LogP contribution in [0.25, 0.3) is 11.0 Å². The van der Waals surface area contributed by atoms with Crippen LogP contribution in [0.4, 0.5) is 23.7 Å². The largest absolute Gasteiger partial charge is 0.416 e. The van der Waals surface area contributed by atoms with Gasteiger partial charge in [0.25, 0.3) is 5.91 Å². The highest BCUT2D eigenvalue weighted by molar-refractivity contribution is 6.31. The van der Waals surface area contributed by atoms with Gasteiger partial charge in [0.15, 0.2) is 0 Å². The van der Waals surface area contributed by atoms with Crippen LogP contribution in [0, 0.1) is 5.41 Å². The maximum atomic E-state index is 13.0. The zero-order valence-electron chi connectivity index (χ0n) is 18.0. The fraction of sp³-hybridized carbons (Fsp3) is 0.364. The van der Waals surface area contributed by atoms with Gasteiger partial charge in [-0.2, -0.15) is 13.2 Å². The quantitative estimate of drug-likeness (QED) is 0.566. The summed E-state index contributed by atoms with van der Waals surface area (Å²) in [7, 11) is 1.60. The third-order valence-corrected chi connectivity index (χ3v) is 6.80. The van der Waals surface area contributed by atoms with Crippen molar-refractivity contribution in [3.05, 3.63) is 53.1 Å². The Hall–Kier alpha value is -3.34. The van der Waals surface area contributed by atoms with Crippen molar-refractivity contribution in [1.29, 1.82) is 0 Å². The molecule has 5 rings (SSSR count). The molecule has 3 heterocycles. The summed E-state index contributed by atoms with van der Waals surface area (Å²) in [6, 6.07) is 4.11. The molecule has 1 spiro atoms. The number of aromatic amines is 1. The number of fused-ring (bicyclic) bond motifs is 1. The maximum Gasteiger partial charge on any atom is 0.416 e. The lowest BCUT2D eigenvalue weighted by atomic mass is 9.60. The molecule has 1 aliphatic carbocycles. The normalized spacial score (nSPS) is 17.4. The average Bonchev–Trinajstić information content (AvgIpc) is 3.19. The number of anilines is 1. The molecular formula is C22H20ClF3N6O2. The molecule has 0 atom stereocenters. The van der Waals surface area contributed by atoms with E-state index in [4.69, 9.17) is 11.6 Å². The maximum absolute atomic E-state index is 13.0. The number of nitrogens with one attached hydrogen (secondary N) is 2. The van der Waals surface area contributed by atoms with Crippen LogP contribution in [0.2, 0.25) is 5.02 Å². The first-order valence-electron chi connectivity index (χ1n) is 10.5. The summed E-state index contributed by atoms with van der Waals surface area (Å²) >= 11 is 5.79.